The first-order valence-electron chi connectivity index (χ1n) is 6.25. The van der Waals surface area contributed by atoms with Gasteiger partial charge in [-0.3, -0.25) is 0 Å². The van der Waals surface area contributed by atoms with E-state index < -0.39 is 18.1 Å². The number of ether oxygens (including phenoxy) is 1. The summed E-state index contributed by atoms with van der Waals surface area (Å²) in [7, 11) is 0. The first-order chi connectivity index (χ1) is 9.65. The van der Waals surface area contributed by atoms with Crippen molar-refractivity contribution in [3.05, 3.63) is 28.2 Å². The van der Waals surface area contributed by atoms with E-state index >= 15 is 0 Å². The van der Waals surface area contributed by atoms with Gasteiger partial charge in [-0.1, -0.05) is 28.9 Å². The van der Waals surface area contributed by atoms with Crippen LogP contribution in [0.3, 0.4) is 0 Å². The van der Waals surface area contributed by atoms with Crippen LogP contribution in [0.4, 0.5) is 22.0 Å². The molecule has 0 aliphatic heterocycles. The number of hydrogen-bond acceptors (Lipinski definition) is 2. The van der Waals surface area contributed by atoms with E-state index in [0.717, 1.165) is 0 Å². The van der Waals surface area contributed by atoms with E-state index in [0.29, 0.717) is 12.4 Å². The summed E-state index contributed by atoms with van der Waals surface area (Å²) < 4.78 is 70.4. The van der Waals surface area contributed by atoms with Gasteiger partial charge in [-0.2, -0.15) is 22.0 Å². The zero-order valence-corrected chi connectivity index (χ0v) is 13.0. The van der Waals surface area contributed by atoms with Crippen molar-refractivity contribution in [1.82, 2.24) is 5.32 Å². The van der Waals surface area contributed by atoms with Crippen LogP contribution < -0.4 is 10.1 Å². The van der Waals surface area contributed by atoms with Gasteiger partial charge in [0.05, 0.1) is 6.61 Å². The van der Waals surface area contributed by atoms with Crippen molar-refractivity contribution in [2.24, 2.45) is 0 Å². The average molecular weight is 376 g/mol. The molecule has 0 saturated heterocycles. The molecular formula is C13H15BrF5NO. The highest BCUT2D eigenvalue weighted by Gasteiger charge is 2.62. The minimum atomic E-state index is -5.64. The highest BCUT2D eigenvalue weighted by atomic mass is 79.9. The summed E-state index contributed by atoms with van der Waals surface area (Å²) in [4.78, 5) is 0. The Bertz CT molecular complexity index is 478. The Morgan fingerprint density at radius 1 is 1.19 bits per heavy atom. The zero-order chi connectivity index (χ0) is 16.3. The van der Waals surface area contributed by atoms with Crippen molar-refractivity contribution in [2.45, 2.75) is 32.0 Å². The zero-order valence-electron chi connectivity index (χ0n) is 11.4. The van der Waals surface area contributed by atoms with Gasteiger partial charge in [0.1, 0.15) is 11.8 Å². The molecule has 0 saturated carbocycles. The van der Waals surface area contributed by atoms with Crippen LogP contribution >= 0.6 is 15.9 Å². The van der Waals surface area contributed by atoms with E-state index in [1.165, 1.54) is 25.1 Å². The van der Waals surface area contributed by atoms with Crippen LogP contribution in [0.15, 0.2) is 22.7 Å². The predicted molar refractivity (Wildman–Crippen MR) is 72.7 cm³/mol. The van der Waals surface area contributed by atoms with Gasteiger partial charge in [-0.25, -0.2) is 0 Å². The quantitative estimate of drug-likeness (QED) is 0.727. The molecule has 0 aromatic heterocycles. The molecule has 1 N–H and O–H groups in total. The Hall–Kier alpha value is -0.890. The lowest BCUT2D eigenvalue weighted by Gasteiger charge is -2.30. The first kappa shape index (κ1) is 18.2. The molecule has 1 rings (SSSR count). The minimum absolute atomic E-state index is 0.0318. The molecule has 0 aliphatic rings. The molecule has 0 bridgehead atoms. The number of nitrogens with one attached hydrogen (secondary N) is 1. The molecule has 2 nitrogen and oxygen atoms in total. The number of halogens is 6. The molecule has 21 heavy (non-hydrogen) atoms. The molecule has 0 aliphatic carbocycles. The lowest BCUT2D eigenvalue weighted by Crippen LogP contribution is -2.48. The lowest BCUT2D eigenvalue weighted by atomic mass is 9.99. The van der Waals surface area contributed by atoms with E-state index in [1.54, 1.807) is 6.92 Å². The maximum atomic E-state index is 13.7. The second-order valence-corrected chi connectivity index (χ2v) is 5.08. The number of rotatable bonds is 6. The second kappa shape index (κ2) is 6.91. The third-order valence-corrected chi connectivity index (χ3v) is 3.43. The fraction of sp³-hybridized carbons (Fsp3) is 0.538. The highest BCUT2D eigenvalue weighted by molar-refractivity contribution is 9.10. The predicted octanol–water partition coefficient (Wildman–Crippen LogP) is 4.70. The number of hydrogen-bond donors (Lipinski definition) is 1. The summed E-state index contributed by atoms with van der Waals surface area (Å²) in [6.45, 7) is 3.53. The van der Waals surface area contributed by atoms with Crippen LogP contribution in [0, 0.1) is 0 Å². The molecule has 8 heteroatoms. The second-order valence-electron chi connectivity index (χ2n) is 4.23. The van der Waals surface area contributed by atoms with E-state index in [2.05, 4.69) is 21.2 Å². The monoisotopic (exact) mass is 375 g/mol. The van der Waals surface area contributed by atoms with Gasteiger partial charge in [0.2, 0.25) is 0 Å². The maximum Gasteiger partial charge on any atom is 0.455 e. The largest absolute Gasteiger partial charge is 0.494 e. The normalized spacial score (nSPS) is 14.1. The van der Waals surface area contributed by atoms with Crippen LogP contribution in [-0.4, -0.2) is 25.3 Å². The standard InChI is InChI=1S/C13H15BrF5NO/c1-3-20-11(12(15,16)13(17,18)19)9-6-5-8(21-4-2)7-10(9)14/h5-7,11,20H,3-4H2,1-2H3. The van der Waals surface area contributed by atoms with Crippen molar-refractivity contribution in [3.8, 4) is 5.75 Å². The summed E-state index contributed by atoms with van der Waals surface area (Å²) in [5, 5.41) is 2.20. The van der Waals surface area contributed by atoms with Crippen LogP contribution in [0.1, 0.15) is 25.5 Å². The van der Waals surface area contributed by atoms with Crippen molar-refractivity contribution in [3.63, 3.8) is 0 Å². The topological polar surface area (TPSA) is 21.3 Å². The lowest BCUT2D eigenvalue weighted by molar-refractivity contribution is -0.294. The maximum absolute atomic E-state index is 13.7. The SMILES string of the molecule is CCNC(c1ccc(OCC)cc1Br)C(F)(F)C(F)(F)F. The Morgan fingerprint density at radius 3 is 2.24 bits per heavy atom. The van der Waals surface area contributed by atoms with Crippen molar-refractivity contribution in [1.29, 1.82) is 0 Å². The molecular weight excluding hydrogens is 361 g/mol. The summed E-state index contributed by atoms with van der Waals surface area (Å²) in [5.41, 5.74) is -0.178. The van der Waals surface area contributed by atoms with Crippen molar-refractivity contribution >= 4 is 15.9 Å². The van der Waals surface area contributed by atoms with E-state index in [1.807, 2.05) is 0 Å². The molecule has 0 spiro atoms. The molecule has 1 atom stereocenters. The van der Waals surface area contributed by atoms with Gasteiger partial charge < -0.3 is 10.1 Å². The Labute approximate surface area is 127 Å². The van der Waals surface area contributed by atoms with Crippen LogP contribution in [0.25, 0.3) is 0 Å². The van der Waals surface area contributed by atoms with Gasteiger partial charge in [-0.15, -0.1) is 0 Å². The molecule has 1 unspecified atom stereocenters. The van der Waals surface area contributed by atoms with Crippen molar-refractivity contribution in [2.75, 3.05) is 13.2 Å². The fourth-order valence-electron chi connectivity index (χ4n) is 1.80. The van der Waals surface area contributed by atoms with Gasteiger partial charge in [-0.05, 0) is 31.2 Å². The fourth-order valence-corrected chi connectivity index (χ4v) is 2.39. The minimum Gasteiger partial charge on any atom is -0.494 e. The van der Waals surface area contributed by atoms with Gasteiger partial charge in [0.15, 0.2) is 0 Å². The van der Waals surface area contributed by atoms with E-state index in [4.69, 9.17) is 4.74 Å². The molecule has 1 aromatic carbocycles. The smallest absolute Gasteiger partial charge is 0.455 e. The van der Waals surface area contributed by atoms with Crippen LogP contribution in [-0.2, 0) is 0 Å². The Balaban J connectivity index is 3.23. The summed E-state index contributed by atoms with van der Waals surface area (Å²) in [5.74, 6) is -4.50. The number of alkyl halides is 5. The van der Waals surface area contributed by atoms with E-state index in [-0.39, 0.29) is 16.6 Å². The molecule has 120 valence electrons. The highest BCUT2D eigenvalue weighted by Crippen LogP contribution is 2.46. The molecule has 0 fully saturated rings. The molecule has 1 aromatic rings. The average Bonchev–Trinajstić information content (AvgIpc) is 2.36. The number of benzene rings is 1. The molecule has 0 heterocycles. The first-order valence-corrected chi connectivity index (χ1v) is 7.04. The van der Waals surface area contributed by atoms with E-state index in [9.17, 15) is 22.0 Å². The van der Waals surface area contributed by atoms with Crippen LogP contribution in [0.2, 0.25) is 0 Å². The van der Waals surface area contributed by atoms with Crippen molar-refractivity contribution < 1.29 is 26.7 Å². The summed E-state index contributed by atoms with van der Waals surface area (Å²) in [6.07, 6.45) is -5.64. The Kier molecular flexibility index (Phi) is 5.98. The summed E-state index contributed by atoms with van der Waals surface area (Å²) >= 11 is 3.03. The van der Waals surface area contributed by atoms with Gasteiger partial charge in [0, 0.05) is 4.47 Å². The molecule has 0 radical (unpaired) electrons. The van der Waals surface area contributed by atoms with Gasteiger partial charge >= 0.3 is 12.1 Å². The van der Waals surface area contributed by atoms with Gasteiger partial charge in [0.25, 0.3) is 0 Å². The third kappa shape index (κ3) is 4.06. The van der Waals surface area contributed by atoms with Crippen LogP contribution in [0.5, 0.6) is 5.75 Å². The molecule has 0 amide bonds. The third-order valence-electron chi connectivity index (χ3n) is 2.74. The Morgan fingerprint density at radius 2 is 1.81 bits per heavy atom. The summed E-state index contributed by atoms with van der Waals surface area (Å²) in [6, 6.07) is 1.76.